The van der Waals surface area contributed by atoms with Crippen molar-refractivity contribution in [1.82, 2.24) is 0 Å². The highest BCUT2D eigenvalue weighted by molar-refractivity contribution is 9.12. The first-order chi connectivity index (χ1) is 9.68. The Morgan fingerprint density at radius 2 is 1.59 bits per heavy atom. The molecule has 1 radical (unpaired) electrons. The van der Waals surface area contributed by atoms with E-state index in [1.807, 2.05) is 0 Å². The minimum Gasteiger partial charge on any atom is -0.188 e. The van der Waals surface area contributed by atoms with Crippen LogP contribution in [0, 0.1) is 5.92 Å². The van der Waals surface area contributed by atoms with Crippen LogP contribution in [0.15, 0.2) is 21.5 Å². The van der Waals surface area contributed by atoms with Crippen LogP contribution in [0.25, 0.3) is 0 Å². The number of rotatable bonds is 4. The van der Waals surface area contributed by atoms with Crippen LogP contribution in [-0.4, -0.2) is 27.3 Å². The molecular formula is C11H8Br2F7S2. The maximum atomic E-state index is 13.4. The van der Waals surface area contributed by atoms with E-state index in [1.54, 1.807) is 13.2 Å². The minimum absolute atomic E-state index is 0.329. The van der Waals surface area contributed by atoms with Crippen LogP contribution in [0.3, 0.4) is 0 Å². The van der Waals surface area contributed by atoms with E-state index in [9.17, 15) is 30.7 Å². The predicted octanol–water partition coefficient (Wildman–Crippen LogP) is 6.73. The normalized spacial score (nSPS) is 25.0. The SMILES string of the molecule is CSC1(Br)C=C(SC(F)(F)C(F)(F)C(F)(F)F)C=C(Br)[C]1C. The standard InChI is InChI=1S/C11H8Br2F7S2/c1-5-7(12)3-6(4-8(5,13)21-2)22-11(19,20)9(14,15)10(16,17)18/h3-4H,1-2H3. The van der Waals surface area contributed by atoms with Crippen LogP contribution >= 0.6 is 55.4 Å². The van der Waals surface area contributed by atoms with Crippen molar-refractivity contribution in [3.05, 3.63) is 27.5 Å². The Bertz CT molecular complexity index is 501. The van der Waals surface area contributed by atoms with Gasteiger partial charge in [-0.3, -0.25) is 0 Å². The Morgan fingerprint density at radius 1 is 1.09 bits per heavy atom. The smallest absolute Gasteiger partial charge is 0.188 e. The van der Waals surface area contributed by atoms with Gasteiger partial charge in [0.1, 0.15) is 3.66 Å². The third-order valence-corrected chi connectivity index (χ3v) is 7.35. The molecule has 0 spiro atoms. The highest BCUT2D eigenvalue weighted by atomic mass is 79.9. The van der Waals surface area contributed by atoms with Crippen molar-refractivity contribution in [3.8, 4) is 0 Å². The van der Waals surface area contributed by atoms with Gasteiger partial charge in [0.2, 0.25) is 0 Å². The maximum Gasteiger partial charge on any atom is 0.460 e. The van der Waals surface area contributed by atoms with Crippen molar-refractivity contribution < 1.29 is 30.7 Å². The highest BCUT2D eigenvalue weighted by Gasteiger charge is 2.73. The quantitative estimate of drug-likeness (QED) is 0.312. The second-order valence-electron chi connectivity index (χ2n) is 4.20. The summed E-state index contributed by atoms with van der Waals surface area (Å²) in [5.74, 6) is -5.48. The number of hydrogen-bond donors (Lipinski definition) is 0. The summed E-state index contributed by atoms with van der Waals surface area (Å²) in [7, 11) is 0. The lowest BCUT2D eigenvalue weighted by Gasteiger charge is -2.34. The fourth-order valence-corrected chi connectivity index (χ4v) is 4.78. The zero-order valence-electron chi connectivity index (χ0n) is 10.9. The molecule has 0 heterocycles. The molecule has 0 aliphatic heterocycles. The molecule has 0 aromatic heterocycles. The molecule has 0 aromatic rings. The fraction of sp³-hybridized carbons (Fsp3) is 0.545. The minimum atomic E-state index is -6.34. The number of hydrogen-bond acceptors (Lipinski definition) is 2. The number of thioether (sulfide) groups is 2. The van der Waals surface area contributed by atoms with Crippen LogP contribution < -0.4 is 0 Å². The van der Waals surface area contributed by atoms with Gasteiger partial charge in [0, 0.05) is 15.3 Å². The third kappa shape index (κ3) is 3.83. The van der Waals surface area contributed by atoms with Gasteiger partial charge in [0.25, 0.3) is 0 Å². The summed E-state index contributed by atoms with van der Waals surface area (Å²) in [6, 6.07) is 0. The summed E-state index contributed by atoms with van der Waals surface area (Å²) in [4.78, 5) is -0.405. The van der Waals surface area contributed by atoms with Gasteiger partial charge >= 0.3 is 17.4 Å². The lowest BCUT2D eigenvalue weighted by atomic mass is 10.0. The molecule has 0 N–H and O–H groups in total. The van der Waals surface area contributed by atoms with Crippen LogP contribution in [0.1, 0.15) is 6.92 Å². The molecular weight excluding hydrogens is 489 g/mol. The summed E-state index contributed by atoms with van der Waals surface area (Å²) in [5, 5.41) is -5.33. The van der Waals surface area contributed by atoms with Gasteiger partial charge < -0.3 is 0 Å². The molecule has 0 aromatic carbocycles. The van der Waals surface area contributed by atoms with Crippen molar-refractivity contribution >= 4 is 55.4 Å². The number of halogens is 9. The van der Waals surface area contributed by atoms with Gasteiger partial charge in [-0.15, -0.1) is 11.8 Å². The molecule has 127 valence electrons. The van der Waals surface area contributed by atoms with Crippen molar-refractivity contribution in [2.24, 2.45) is 0 Å². The average molecular weight is 497 g/mol. The average Bonchev–Trinajstić information content (AvgIpc) is 2.33. The Hall–Kier alpha value is 0.650. The lowest BCUT2D eigenvalue weighted by molar-refractivity contribution is -0.330. The van der Waals surface area contributed by atoms with Gasteiger partial charge in [-0.2, -0.15) is 30.7 Å². The molecule has 1 atom stereocenters. The lowest BCUT2D eigenvalue weighted by Crippen LogP contribution is -2.50. The Kier molecular flexibility index (Phi) is 6.13. The van der Waals surface area contributed by atoms with E-state index in [0.29, 0.717) is 10.4 Å². The molecule has 11 heteroatoms. The third-order valence-electron chi connectivity index (χ3n) is 2.73. The summed E-state index contributed by atoms with van der Waals surface area (Å²) in [5.41, 5.74) is 0. The van der Waals surface area contributed by atoms with E-state index >= 15 is 0 Å². The summed E-state index contributed by atoms with van der Waals surface area (Å²) in [6.07, 6.45) is -2.46. The molecule has 0 saturated heterocycles. The van der Waals surface area contributed by atoms with E-state index in [4.69, 9.17) is 0 Å². The van der Waals surface area contributed by atoms with Crippen molar-refractivity contribution in [3.63, 3.8) is 0 Å². The molecule has 0 bridgehead atoms. The van der Waals surface area contributed by atoms with E-state index < -0.39 is 37.7 Å². The van der Waals surface area contributed by atoms with Crippen LogP contribution in [0.5, 0.6) is 0 Å². The monoisotopic (exact) mass is 495 g/mol. The van der Waals surface area contributed by atoms with Gasteiger partial charge in [0.15, 0.2) is 0 Å². The molecule has 0 nitrogen and oxygen atoms in total. The number of alkyl halides is 8. The molecule has 22 heavy (non-hydrogen) atoms. The Balaban J connectivity index is 3.16. The molecule has 1 aliphatic carbocycles. The first kappa shape index (κ1) is 20.7. The van der Waals surface area contributed by atoms with Crippen molar-refractivity contribution in [1.29, 1.82) is 0 Å². The van der Waals surface area contributed by atoms with Gasteiger partial charge in [-0.25, -0.2) is 0 Å². The largest absolute Gasteiger partial charge is 0.460 e. The second-order valence-corrected chi connectivity index (χ2v) is 9.07. The maximum absolute atomic E-state index is 13.4. The van der Waals surface area contributed by atoms with Crippen LogP contribution in [-0.2, 0) is 0 Å². The second kappa shape index (κ2) is 6.51. The molecule has 0 fully saturated rings. The summed E-state index contributed by atoms with van der Waals surface area (Å²) >= 11 is 6.67. The summed E-state index contributed by atoms with van der Waals surface area (Å²) in [6.45, 7) is 1.66. The Morgan fingerprint density at radius 3 is 2.00 bits per heavy atom. The molecule has 1 aliphatic rings. The highest BCUT2D eigenvalue weighted by Crippen LogP contribution is 2.57. The zero-order valence-corrected chi connectivity index (χ0v) is 15.7. The molecule has 0 amide bonds. The predicted molar refractivity (Wildman–Crippen MR) is 82.7 cm³/mol. The molecule has 0 saturated carbocycles. The molecule has 1 rings (SSSR count). The van der Waals surface area contributed by atoms with Gasteiger partial charge in [-0.1, -0.05) is 38.8 Å². The van der Waals surface area contributed by atoms with Gasteiger partial charge in [-0.05, 0) is 30.2 Å². The van der Waals surface area contributed by atoms with E-state index in [1.165, 1.54) is 17.8 Å². The van der Waals surface area contributed by atoms with E-state index in [2.05, 4.69) is 31.9 Å². The fourth-order valence-electron chi connectivity index (χ4n) is 1.38. The van der Waals surface area contributed by atoms with E-state index in [-0.39, 0.29) is 0 Å². The molecule has 1 unspecified atom stereocenters. The van der Waals surface area contributed by atoms with Crippen LogP contribution in [0.2, 0.25) is 0 Å². The topological polar surface area (TPSA) is 0 Å². The number of allylic oxidation sites excluding steroid dienone is 2. The zero-order chi connectivity index (χ0) is 17.6. The first-order valence-corrected chi connectivity index (χ1v) is 9.00. The Labute approximate surface area is 147 Å². The van der Waals surface area contributed by atoms with Gasteiger partial charge in [0.05, 0.1) is 0 Å². The summed E-state index contributed by atoms with van der Waals surface area (Å²) < 4.78 is 88.5. The first-order valence-electron chi connectivity index (χ1n) is 5.38. The van der Waals surface area contributed by atoms with Crippen molar-refractivity contribution in [2.75, 3.05) is 6.26 Å². The van der Waals surface area contributed by atoms with E-state index in [0.717, 1.165) is 6.08 Å². The van der Waals surface area contributed by atoms with Crippen molar-refractivity contribution in [2.45, 2.75) is 27.9 Å². The van der Waals surface area contributed by atoms with Crippen LogP contribution in [0.4, 0.5) is 30.7 Å².